The molecule has 0 aliphatic carbocycles. The topological polar surface area (TPSA) is 59.7 Å². The molecule has 1 aliphatic heterocycles. The van der Waals surface area contributed by atoms with Crippen molar-refractivity contribution in [2.75, 3.05) is 11.4 Å². The summed E-state index contributed by atoms with van der Waals surface area (Å²) in [6, 6.07) is 2.49. The fourth-order valence-corrected chi connectivity index (χ4v) is 4.57. The number of aryl methyl sites for hydroxylation is 1. The van der Waals surface area contributed by atoms with Crippen LogP contribution in [-0.4, -0.2) is 31.3 Å². The average Bonchev–Trinajstić information content (AvgIpc) is 3.31. The summed E-state index contributed by atoms with van der Waals surface area (Å²) >= 11 is 1.77. The molecule has 0 amide bonds. The van der Waals surface area contributed by atoms with Gasteiger partial charge in [0.1, 0.15) is 23.3 Å². The number of rotatable bonds is 5. The van der Waals surface area contributed by atoms with E-state index in [1.807, 2.05) is 6.33 Å². The Bertz CT molecular complexity index is 867. The molecular formula is C18H24N6S. The highest BCUT2D eigenvalue weighted by molar-refractivity contribution is 7.18. The minimum atomic E-state index is 0.240. The first-order valence-electron chi connectivity index (χ1n) is 9.05. The fraction of sp³-hybridized carbons (Fsp3) is 0.556. The third kappa shape index (κ3) is 3.01. The highest BCUT2D eigenvalue weighted by Gasteiger charge is 2.32. The third-order valence-electron chi connectivity index (χ3n) is 4.74. The summed E-state index contributed by atoms with van der Waals surface area (Å²) in [7, 11) is 0. The SMILES string of the molecule is CCc1cc2c(N3CCCC3c3nncn3CC(C)C)ncnc2s1. The molecular weight excluding hydrogens is 332 g/mol. The Labute approximate surface area is 151 Å². The number of aromatic nitrogens is 5. The smallest absolute Gasteiger partial charge is 0.155 e. The maximum Gasteiger partial charge on any atom is 0.155 e. The Morgan fingerprint density at radius 1 is 1.32 bits per heavy atom. The van der Waals surface area contributed by atoms with E-state index >= 15 is 0 Å². The Balaban J connectivity index is 1.73. The first kappa shape index (κ1) is 16.4. The van der Waals surface area contributed by atoms with Crippen molar-refractivity contribution in [3.05, 3.63) is 29.4 Å². The second kappa shape index (κ2) is 6.71. The van der Waals surface area contributed by atoms with Crippen LogP contribution in [-0.2, 0) is 13.0 Å². The van der Waals surface area contributed by atoms with Crippen LogP contribution in [0.5, 0.6) is 0 Å². The van der Waals surface area contributed by atoms with E-state index in [0.717, 1.165) is 48.8 Å². The van der Waals surface area contributed by atoms with Gasteiger partial charge in [0.2, 0.25) is 0 Å². The minimum Gasteiger partial charge on any atom is -0.346 e. The number of fused-ring (bicyclic) bond motifs is 1. The summed E-state index contributed by atoms with van der Waals surface area (Å²) in [5, 5.41) is 9.81. The van der Waals surface area contributed by atoms with E-state index in [9.17, 15) is 0 Å². The summed E-state index contributed by atoms with van der Waals surface area (Å²) in [5.74, 6) is 2.67. The zero-order valence-electron chi connectivity index (χ0n) is 15.0. The van der Waals surface area contributed by atoms with Gasteiger partial charge in [0.15, 0.2) is 5.82 Å². The summed E-state index contributed by atoms with van der Waals surface area (Å²) in [6.45, 7) is 8.58. The van der Waals surface area contributed by atoms with Gasteiger partial charge in [-0.05, 0) is 31.2 Å². The second-order valence-electron chi connectivity index (χ2n) is 7.07. The van der Waals surface area contributed by atoms with Gasteiger partial charge in [-0.1, -0.05) is 20.8 Å². The van der Waals surface area contributed by atoms with E-state index in [2.05, 4.69) is 56.5 Å². The lowest BCUT2D eigenvalue weighted by Gasteiger charge is -2.26. The Morgan fingerprint density at radius 2 is 2.20 bits per heavy atom. The maximum absolute atomic E-state index is 4.65. The first-order valence-corrected chi connectivity index (χ1v) is 9.86. The summed E-state index contributed by atoms with van der Waals surface area (Å²) in [5.41, 5.74) is 0. The molecule has 0 saturated carbocycles. The standard InChI is InChI=1S/C18H24N6S/c1-4-13-8-14-16(19-10-20-18(14)25-13)24-7-5-6-15(24)17-22-21-11-23(17)9-12(2)3/h8,10-12,15H,4-7,9H2,1-3H3. The predicted octanol–water partition coefficient (Wildman–Crippen LogP) is 3.84. The van der Waals surface area contributed by atoms with Crippen LogP contribution in [0.4, 0.5) is 5.82 Å². The van der Waals surface area contributed by atoms with Crippen molar-refractivity contribution in [3.8, 4) is 0 Å². The Hall–Kier alpha value is -2.02. The van der Waals surface area contributed by atoms with E-state index in [1.165, 1.54) is 10.3 Å². The number of thiophene rings is 1. The van der Waals surface area contributed by atoms with E-state index in [4.69, 9.17) is 0 Å². The lowest BCUT2D eigenvalue weighted by molar-refractivity contribution is 0.487. The van der Waals surface area contributed by atoms with Gasteiger partial charge in [-0.3, -0.25) is 0 Å². The van der Waals surface area contributed by atoms with E-state index in [1.54, 1.807) is 17.7 Å². The minimum absolute atomic E-state index is 0.240. The van der Waals surface area contributed by atoms with Crippen LogP contribution in [0.25, 0.3) is 10.2 Å². The molecule has 3 aromatic rings. The largest absolute Gasteiger partial charge is 0.346 e. The van der Waals surface area contributed by atoms with Gasteiger partial charge in [0.25, 0.3) is 0 Å². The molecule has 0 N–H and O–H groups in total. The first-order chi connectivity index (χ1) is 12.2. The zero-order valence-corrected chi connectivity index (χ0v) is 15.8. The molecule has 1 fully saturated rings. The van der Waals surface area contributed by atoms with Gasteiger partial charge in [-0.15, -0.1) is 21.5 Å². The molecule has 1 saturated heterocycles. The van der Waals surface area contributed by atoms with Crippen molar-refractivity contribution >= 4 is 27.4 Å². The molecule has 3 aromatic heterocycles. The Morgan fingerprint density at radius 3 is 3.00 bits per heavy atom. The van der Waals surface area contributed by atoms with Gasteiger partial charge < -0.3 is 9.47 Å². The highest BCUT2D eigenvalue weighted by Crippen LogP contribution is 2.39. The summed E-state index contributed by atoms with van der Waals surface area (Å²) in [4.78, 5) is 14.0. The van der Waals surface area contributed by atoms with Crippen LogP contribution in [0.15, 0.2) is 18.7 Å². The number of hydrogen-bond donors (Lipinski definition) is 0. The normalized spacial score (nSPS) is 17.9. The van der Waals surface area contributed by atoms with Crippen molar-refractivity contribution in [2.24, 2.45) is 5.92 Å². The van der Waals surface area contributed by atoms with Crippen molar-refractivity contribution in [1.29, 1.82) is 0 Å². The monoisotopic (exact) mass is 356 g/mol. The average molecular weight is 356 g/mol. The molecule has 4 rings (SSSR count). The van der Waals surface area contributed by atoms with E-state index < -0.39 is 0 Å². The van der Waals surface area contributed by atoms with Crippen molar-refractivity contribution < 1.29 is 0 Å². The van der Waals surface area contributed by atoms with Crippen LogP contribution in [0.3, 0.4) is 0 Å². The molecule has 0 aromatic carbocycles. The molecule has 1 atom stereocenters. The molecule has 25 heavy (non-hydrogen) atoms. The van der Waals surface area contributed by atoms with E-state index in [0.29, 0.717) is 5.92 Å². The number of hydrogen-bond acceptors (Lipinski definition) is 6. The van der Waals surface area contributed by atoms with Gasteiger partial charge in [-0.25, -0.2) is 9.97 Å². The van der Waals surface area contributed by atoms with Crippen LogP contribution < -0.4 is 4.90 Å². The number of anilines is 1. The third-order valence-corrected chi connectivity index (χ3v) is 5.93. The zero-order chi connectivity index (χ0) is 17.4. The van der Waals surface area contributed by atoms with Crippen LogP contribution in [0.1, 0.15) is 50.4 Å². The molecule has 1 unspecified atom stereocenters. The molecule has 132 valence electrons. The molecule has 0 bridgehead atoms. The lowest BCUT2D eigenvalue weighted by Crippen LogP contribution is -2.26. The van der Waals surface area contributed by atoms with Crippen LogP contribution >= 0.6 is 11.3 Å². The maximum atomic E-state index is 4.65. The number of nitrogens with zero attached hydrogens (tertiary/aromatic N) is 6. The van der Waals surface area contributed by atoms with Gasteiger partial charge in [0.05, 0.1) is 11.4 Å². The molecule has 4 heterocycles. The van der Waals surface area contributed by atoms with E-state index in [-0.39, 0.29) is 6.04 Å². The van der Waals surface area contributed by atoms with Crippen molar-refractivity contribution in [2.45, 2.75) is 52.6 Å². The molecule has 7 heteroatoms. The lowest BCUT2D eigenvalue weighted by atomic mass is 10.1. The van der Waals surface area contributed by atoms with Crippen LogP contribution in [0.2, 0.25) is 0 Å². The molecule has 0 radical (unpaired) electrons. The molecule has 0 spiro atoms. The van der Waals surface area contributed by atoms with Gasteiger partial charge >= 0.3 is 0 Å². The summed E-state index contributed by atoms with van der Waals surface area (Å²) < 4.78 is 2.21. The van der Waals surface area contributed by atoms with Crippen molar-refractivity contribution in [1.82, 2.24) is 24.7 Å². The van der Waals surface area contributed by atoms with Crippen LogP contribution in [0, 0.1) is 5.92 Å². The second-order valence-corrected chi connectivity index (χ2v) is 8.18. The summed E-state index contributed by atoms with van der Waals surface area (Å²) in [6.07, 6.45) is 6.83. The molecule has 6 nitrogen and oxygen atoms in total. The van der Waals surface area contributed by atoms with Gasteiger partial charge in [0, 0.05) is 18.0 Å². The Kier molecular flexibility index (Phi) is 4.41. The van der Waals surface area contributed by atoms with Gasteiger partial charge in [-0.2, -0.15) is 0 Å². The van der Waals surface area contributed by atoms with Crippen molar-refractivity contribution in [3.63, 3.8) is 0 Å². The predicted molar refractivity (Wildman–Crippen MR) is 101 cm³/mol. The quantitative estimate of drug-likeness (QED) is 0.695. The highest BCUT2D eigenvalue weighted by atomic mass is 32.1. The fourth-order valence-electron chi connectivity index (χ4n) is 3.64. The molecule has 1 aliphatic rings.